The fourth-order valence-corrected chi connectivity index (χ4v) is 4.86. The Kier molecular flexibility index (Phi) is 4.38. The van der Waals surface area contributed by atoms with Crippen molar-refractivity contribution >= 4 is 5.91 Å². The molecular formula is C21H30N2O3. The van der Waals surface area contributed by atoms with Crippen LogP contribution in [0.5, 0.6) is 11.5 Å². The molecule has 3 aliphatic rings. The van der Waals surface area contributed by atoms with E-state index >= 15 is 0 Å². The van der Waals surface area contributed by atoms with Crippen molar-refractivity contribution in [3.05, 3.63) is 23.3 Å². The van der Waals surface area contributed by atoms with Crippen molar-refractivity contribution in [2.24, 2.45) is 11.7 Å². The Hall–Kier alpha value is -1.75. The molecule has 1 fully saturated rings. The molecule has 5 heteroatoms. The number of rotatable bonds is 2. The fourth-order valence-electron chi connectivity index (χ4n) is 4.86. The second-order valence-corrected chi connectivity index (χ2v) is 8.36. The molecule has 3 unspecified atom stereocenters. The number of nitrogens with two attached hydrogens (primary N) is 1. The van der Waals surface area contributed by atoms with E-state index in [4.69, 9.17) is 15.2 Å². The van der Waals surface area contributed by atoms with Crippen LogP contribution in [0, 0.1) is 5.92 Å². The molecule has 2 heterocycles. The highest BCUT2D eigenvalue weighted by Gasteiger charge is 2.47. The predicted octanol–water partition coefficient (Wildman–Crippen LogP) is 3.16. The van der Waals surface area contributed by atoms with Crippen molar-refractivity contribution < 1.29 is 14.3 Å². The minimum Gasteiger partial charge on any atom is -0.486 e. The Morgan fingerprint density at radius 3 is 2.42 bits per heavy atom. The summed E-state index contributed by atoms with van der Waals surface area (Å²) in [5.74, 6) is 1.66. The van der Waals surface area contributed by atoms with E-state index in [1.54, 1.807) is 0 Å². The summed E-state index contributed by atoms with van der Waals surface area (Å²) in [6, 6.07) is 4.20. The number of carbonyl (C=O) groups excluding carboxylic acids is 1. The van der Waals surface area contributed by atoms with Gasteiger partial charge in [-0.15, -0.1) is 0 Å². The maximum atomic E-state index is 13.2. The Morgan fingerprint density at radius 2 is 1.81 bits per heavy atom. The van der Waals surface area contributed by atoms with Crippen molar-refractivity contribution in [3.8, 4) is 11.5 Å². The number of benzene rings is 1. The first kappa shape index (κ1) is 17.7. The molecule has 1 amide bonds. The van der Waals surface area contributed by atoms with Gasteiger partial charge in [-0.1, -0.05) is 19.8 Å². The van der Waals surface area contributed by atoms with Crippen LogP contribution in [0.2, 0.25) is 0 Å². The Bertz CT molecular complexity index is 709. The first-order valence-corrected chi connectivity index (χ1v) is 9.93. The molecule has 26 heavy (non-hydrogen) atoms. The molecule has 0 saturated heterocycles. The zero-order chi connectivity index (χ0) is 18.5. The normalized spacial score (nSPS) is 25.7. The van der Waals surface area contributed by atoms with Crippen LogP contribution in [-0.2, 0) is 10.2 Å². The van der Waals surface area contributed by atoms with E-state index in [1.165, 1.54) is 24.0 Å². The van der Waals surface area contributed by atoms with Gasteiger partial charge in [-0.05, 0) is 49.9 Å². The van der Waals surface area contributed by atoms with Gasteiger partial charge in [0, 0.05) is 18.0 Å². The highest BCUT2D eigenvalue weighted by molar-refractivity contribution is 5.80. The first-order chi connectivity index (χ1) is 12.4. The number of hydrogen-bond acceptors (Lipinski definition) is 4. The average Bonchev–Trinajstić information content (AvgIpc) is 3.11. The van der Waals surface area contributed by atoms with Gasteiger partial charge in [0.25, 0.3) is 0 Å². The minimum atomic E-state index is -0.172. The summed E-state index contributed by atoms with van der Waals surface area (Å²) in [6.45, 7) is 7.96. The van der Waals surface area contributed by atoms with Crippen LogP contribution in [0.1, 0.15) is 63.6 Å². The monoisotopic (exact) mass is 358 g/mol. The van der Waals surface area contributed by atoms with Crippen molar-refractivity contribution in [2.75, 3.05) is 19.8 Å². The van der Waals surface area contributed by atoms with E-state index < -0.39 is 0 Å². The molecule has 2 N–H and O–H groups in total. The Labute approximate surface area is 155 Å². The lowest BCUT2D eigenvalue weighted by Crippen LogP contribution is -2.52. The zero-order valence-corrected chi connectivity index (χ0v) is 16.1. The number of ether oxygens (including phenoxy) is 2. The third-order valence-corrected chi connectivity index (χ3v) is 6.70. The van der Waals surface area contributed by atoms with Crippen molar-refractivity contribution in [1.82, 2.24) is 4.90 Å². The summed E-state index contributed by atoms with van der Waals surface area (Å²) in [5, 5.41) is 0. The maximum Gasteiger partial charge on any atom is 0.227 e. The number of hydrogen-bond donors (Lipinski definition) is 1. The molecule has 1 aromatic rings. The summed E-state index contributed by atoms with van der Waals surface area (Å²) in [6.07, 6.45) is 4.69. The van der Waals surface area contributed by atoms with Gasteiger partial charge in [-0.25, -0.2) is 0 Å². The van der Waals surface area contributed by atoms with Gasteiger partial charge in [-0.3, -0.25) is 4.79 Å². The largest absolute Gasteiger partial charge is 0.486 e. The third-order valence-electron chi connectivity index (χ3n) is 6.70. The van der Waals surface area contributed by atoms with E-state index in [-0.39, 0.29) is 29.3 Å². The summed E-state index contributed by atoms with van der Waals surface area (Å²) in [5.41, 5.74) is 8.66. The first-order valence-electron chi connectivity index (χ1n) is 9.93. The molecule has 0 aromatic heterocycles. The fraction of sp³-hybridized carbons (Fsp3) is 0.667. The SMILES string of the molecule is CC(N)C(C)C(=O)N1CC2(CCCC2)c2cc3c(cc2C1C)OCCO3. The van der Waals surface area contributed by atoms with Gasteiger partial charge in [-0.2, -0.15) is 0 Å². The third kappa shape index (κ3) is 2.68. The van der Waals surface area contributed by atoms with Gasteiger partial charge in [0.1, 0.15) is 13.2 Å². The highest BCUT2D eigenvalue weighted by Crippen LogP contribution is 2.52. The molecule has 0 radical (unpaired) electrons. The van der Waals surface area contributed by atoms with Crippen LogP contribution in [0.4, 0.5) is 0 Å². The summed E-state index contributed by atoms with van der Waals surface area (Å²) >= 11 is 0. The van der Waals surface area contributed by atoms with Gasteiger partial charge in [0.15, 0.2) is 11.5 Å². The predicted molar refractivity (Wildman–Crippen MR) is 101 cm³/mol. The van der Waals surface area contributed by atoms with E-state index in [0.717, 1.165) is 30.9 Å². The molecular weight excluding hydrogens is 328 g/mol. The molecule has 1 spiro atoms. The zero-order valence-electron chi connectivity index (χ0n) is 16.1. The highest BCUT2D eigenvalue weighted by atomic mass is 16.6. The van der Waals surface area contributed by atoms with Crippen LogP contribution in [-0.4, -0.2) is 36.6 Å². The summed E-state index contributed by atoms with van der Waals surface area (Å²) < 4.78 is 11.7. The molecule has 1 aromatic carbocycles. The van der Waals surface area contributed by atoms with Gasteiger partial charge < -0.3 is 20.1 Å². The van der Waals surface area contributed by atoms with E-state index in [0.29, 0.717) is 13.2 Å². The molecule has 0 bridgehead atoms. The molecule has 2 aliphatic heterocycles. The standard InChI is InChI=1S/C21H30N2O3/c1-13(14(2)22)20(24)23-12-21(6-4-5-7-21)17-11-19-18(25-8-9-26-19)10-16(17)15(23)3/h10-11,13-15H,4-9,12,22H2,1-3H3. The van der Waals surface area contributed by atoms with E-state index in [2.05, 4.69) is 24.0 Å². The number of carbonyl (C=O) groups is 1. The molecule has 142 valence electrons. The van der Waals surface area contributed by atoms with Crippen LogP contribution in [0.3, 0.4) is 0 Å². The summed E-state index contributed by atoms with van der Waals surface area (Å²) in [4.78, 5) is 15.2. The smallest absolute Gasteiger partial charge is 0.227 e. The van der Waals surface area contributed by atoms with Crippen molar-refractivity contribution in [1.29, 1.82) is 0 Å². The van der Waals surface area contributed by atoms with Crippen LogP contribution in [0.15, 0.2) is 12.1 Å². The number of fused-ring (bicyclic) bond motifs is 3. The van der Waals surface area contributed by atoms with Crippen molar-refractivity contribution in [2.45, 2.75) is 64.0 Å². The Morgan fingerprint density at radius 1 is 1.19 bits per heavy atom. The molecule has 1 aliphatic carbocycles. The average molecular weight is 358 g/mol. The quantitative estimate of drug-likeness (QED) is 0.882. The van der Waals surface area contributed by atoms with Crippen LogP contribution >= 0.6 is 0 Å². The number of nitrogens with zero attached hydrogens (tertiary/aromatic N) is 1. The van der Waals surface area contributed by atoms with Crippen molar-refractivity contribution in [3.63, 3.8) is 0 Å². The van der Waals surface area contributed by atoms with E-state index in [9.17, 15) is 4.79 Å². The lowest BCUT2D eigenvalue weighted by atomic mass is 9.71. The molecule has 3 atom stereocenters. The maximum absolute atomic E-state index is 13.2. The topological polar surface area (TPSA) is 64.8 Å². The second kappa shape index (κ2) is 6.45. The van der Waals surface area contributed by atoms with Crippen LogP contribution in [0.25, 0.3) is 0 Å². The number of amides is 1. The lowest BCUT2D eigenvalue weighted by Gasteiger charge is -2.47. The Balaban J connectivity index is 1.79. The lowest BCUT2D eigenvalue weighted by molar-refractivity contribution is -0.139. The second-order valence-electron chi connectivity index (χ2n) is 8.36. The van der Waals surface area contributed by atoms with E-state index in [1.807, 2.05) is 13.8 Å². The molecule has 5 nitrogen and oxygen atoms in total. The minimum absolute atomic E-state index is 0.0285. The van der Waals surface area contributed by atoms with Gasteiger partial charge >= 0.3 is 0 Å². The van der Waals surface area contributed by atoms with Gasteiger partial charge in [0.2, 0.25) is 5.91 Å². The molecule has 4 rings (SSSR count). The molecule has 1 saturated carbocycles. The van der Waals surface area contributed by atoms with Gasteiger partial charge in [0.05, 0.1) is 12.0 Å². The van der Waals surface area contributed by atoms with Crippen LogP contribution < -0.4 is 15.2 Å². The summed E-state index contributed by atoms with van der Waals surface area (Å²) in [7, 11) is 0.